The van der Waals surface area contributed by atoms with Crippen molar-refractivity contribution in [2.75, 3.05) is 0 Å². The third kappa shape index (κ3) is 2.91. The van der Waals surface area contributed by atoms with Crippen LogP contribution in [0.4, 0.5) is 4.39 Å². The van der Waals surface area contributed by atoms with Crippen molar-refractivity contribution in [2.24, 2.45) is 0 Å². The highest BCUT2D eigenvalue weighted by atomic mass is 79.9. The first-order chi connectivity index (χ1) is 8.58. The fourth-order valence-corrected chi connectivity index (χ4v) is 2.10. The lowest BCUT2D eigenvalue weighted by Crippen LogP contribution is -2.00. The molecule has 1 nitrogen and oxygen atoms in total. The highest BCUT2D eigenvalue weighted by Crippen LogP contribution is 2.23. The predicted molar refractivity (Wildman–Crippen MR) is 74.3 cm³/mol. The minimum Gasteiger partial charge on any atom is -0.489 e. The number of hydrogen-bond donors (Lipinski definition) is 0. The van der Waals surface area contributed by atoms with Gasteiger partial charge in [-0.15, -0.1) is 0 Å². The Morgan fingerprint density at radius 3 is 2.72 bits per heavy atom. The molecule has 2 aromatic rings. The van der Waals surface area contributed by atoms with E-state index in [1.54, 1.807) is 12.1 Å². The van der Waals surface area contributed by atoms with Crippen LogP contribution in [0, 0.1) is 19.7 Å². The topological polar surface area (TPSA) is 9.23 Å². The van der Waals surface area contributed by atoms with Gasteiger partial charge < -0.3 is 4.74 Å². The third-order valence-electron chi connectivity index (χ3n) is 2.95. The van der Waals surface area contributed by atoms with E-state index in [0.29, 0.717) is 5.56 Å². The molecule has 0 aliphatic rings. The van der Waals surface area contributed by atoms with Crippen molar-refractivity contribution in [3.8, 4) is 5.75 Å². The lowest BCUT2D eigenvalue weighted by molar-refractivity contribution is 0.297. The van der Waals surface area contributed by atoms with Crippen molar-refractivity contribution in [1.29, 1.82) is 0 Å². The summed E-state index contributed by atoms with van der Waals surface area (Å²) in [5, 5.41) is 0. The fraction of sp³-hybridized carbons (Fsp3) is 0.200. The van der Waals surface area contributed by atoms with E-state index in [2.05, 4.69) is 15.9 Å². The molecule has 0 saturated carbocycles. The lowest BCUT2D eigenvalue weighted by Gasteiger charge is -2.11. The van der Waals surface area contributed by atoms with Crippen molar-refractivity contribution >= 4 is 15.9 Å². The van der Waals surface area contributed by atoms with Crippen LogP contribution in [0.25, 0.3) is 0 Å². The molecule has 2 rings (SSSR count). The summed E-state index contributed by atoms with van der Waals surface area (Å²) in [7, 11) is 0. The summed E-state index contributed by atoms with van der Waals surface area (Å²) in [6, 6.07) is 10.7. The molecule has 0 atom stereocenters. The summed E-state index contributed by atoms with van der Waals surface area (Å²) < 4.78 is 20.1. The number of halogens is 2. The first kappa shape index (κ1) is 13.1. The molecule has 2 aromatic carbocycles. The fourth-order valence-electron chi connectivity index (χ4n) is 1.69. The van der Waals surface area contributed by atoms with Gasteiger partial charge in [-0.1, -0.05) is 28.1 Å². The average molecular weight is 309 g/mol. The van der Waals surface area contributed by atoms with E-state index in [0.717, 1.165) is 15.8 Å². The molecule has 0 heterocycles. The average Bonchev–Trinajstić information content (AvgIpc) is 2.35. The molecule has 0 aliphatic carbocycles. The largest absolute Gasteiger partial charge is 0.489 e. The van der Waals surface area contributed by atoms with Gasteiger partial charge in [0.2, 0.25) is 0 Å². The maximum atomic E-state index is 13.6. The van der Waals surface area contributed by atoms with Gasteiger partial charge in [-0.2, -0.15) is 0 Å². The molecule has 3 heteroatoms. The molecule has 0 bridgehead atoms. The van der Waals surface area contributed by atoms with Crippen LogP contribution in [-0.2, 0) is 6.61 Å². The van der Waals surface area contributed by atoms with Crippen LogP contribution in [-0.4, -0.2) is 0 Å². The minimum absolute atomic E-state index is 0.232. The molecular formula is C15H14BrFO. The normalized spacial score (nSPS) is 10.4. The standard InChI is InChI=1S/C15H14BrFO/c1-10-4-3-5-15(11(10)2)18-9-12-8-13(16)6-7-14(12)17/h3-8H,9H2,1-2H3. The molecule has 0 saturated heterocycles. The zero-order valence-electron chi connectivity index (χ0n) is 10.3. The van der Waals surface area contributed by atoms with Gasteiger partial charge in [0, 0.05) is 10.0 Å². The summed E-state index contributed by atoms with van der Waals surface area (Å²) in [5.41, 5.74) is 2.81. The first-order valence-corrected chi connectivity index (χ1v) is 6.50. The van der Waals surface area contributed by atoms with E-state index in [9.17, 15) is 4.39 Å². The van der Waals surface area contributed by atoms with Gasteiger partial charge in [-0.3, -0.25) is 0 Å². The molecule has 18 heavy (non-hydrogen) atoms. The van der Waals surface area contributed by atoms with E-state index in [1.807, 2.05) is 32.0 Å². The summed E-state index contributed by atoms with van der Waals surface area (Å²) >= 11 is 3.33. The Morgan fingerprint density at radius 2 is 1.94 bits per heavy atom. The quantitative estimate of drug-likeness (QED) is 0.792. The van der Waals surface area contributed by atoms with Gasteiger partial charge >= 0.3 is 0 Å². The van der Waals surface area contributed by atoms with E-state index < -0.39 is 0 Å². The van der Waals surface area contributed by atoms with E-state index in [1.165, 1.54) is 11.6 Å². The predicted octanol–water partition coefficient (Wildman–Crippen LogP) is 4.78. The highest BCUT2D eigenvalue weighted by Gasteiger charge is 2.06. The number of hydrogen-bond acceptors (Lipinski definition) is 1. The number of aryl methyl sites for hydroxylation is 1. The number of ether oxygens (including phenoxy) is 1. The Kier molecular flexibility index (Phi) is 4.02. The maximum absolute atomic E-state index is 13.6. The zero-order valence-corrected chi connectivity index (χ0v) is 11.9. The zero-order chi connectivity index (χ0) is 13.1. The van der Waals surface area contributed by atoms with Crippen LogP contribution >= 0.6 is 15.9 Å². The van der Waals surface area contributed by atoms with Crippen LogP contribution in [0.5, 0.6) is 5.75 Å². The van der Waals surface area contributed by atoms with Crippen molar-refractivity contribution in [3.05, 3.63) is 63.4 Å². The summed E-state index contributed by atoms with van der Waals surface area (Å²) in [5.74, 6) is 0.554. The van der Waals surface area contributed by atoms with Gasteiger partial charge in [0.05, 0.1) is 0 Å². The smallest absolute Gasteiger partial charge is 0.129 e. The van der Waals surface area contributed by atoms with Crippen LogP contribution in [0.15, 0.2) is 40.9 Å². The van der Waals surface area contributed by atoms with E-state index in [4.69, 9.17) is 4.74 Å². The van der Waals surface area contributed by atoms with Crippen molar-refractivity contribution in [1.82, 2.24) is 0 Å². The molecule has 0 aliphatic heterocycles. The van der Waals surface area contributed by atoms with Gasteiger partial charge in [-0.25, -0.2) is 4.39 Å². The van der Waals surface area contributed by atoms with E-state index >= 15 is 0 Å². The number of rotatable bonds is 3. The Bertz CT molecular complexity index is 564. The second-order valence-corrected chi connectivity index (χ2v) is 5.14. The Labute approximate surface area is 115 Å². The first-order valence-electron chi connectivity index (χ1n) is 5.71. The van der Waals surface area contributed by atoms with Crippen LogP contribution in [0.2, 0.25) is 0 Å². The Morgan fingerprint density at radius 1 is 1.17 bits per heavy atom. The summed E-state index contributed by atoms with van der Waals surface area (Å²) in [6.07, 6.45) is 0. The molecule has 0 N–H and O–H groups in total. The molecule has 0 spiro atoms. The van der Waals surface area contributed by atoms with Gasteiger partial charge in [0.1, 0.15) is 18.2 Å². The van der Waals surface area contributed by atoms with Crippen molar-refractivity contribution in [2.45, 2.75) is 20.5 Å². The lowest BCUT2D eigenvalue weighted by atomic mass is 10.1. The van der Waals surface area contributed by atoms with Crippen LogP contribution in [0.1, 0.15) is 16.7 Å². The molecule has 0 fully saturated rings. The second-order valence-electron chi connectivity index (χ2n) is 4.22. The number of benzene rings is 2. The minimum atomic E-state index is -0.247. The molecule has 94 valence electrons. The van der Waals surface area contributed by atoms with Crippen molar-refractivity contribution in [3.63, 3.8) is 0 Å². The van der Waals surface area contributed by atoms with Crippen molar-refractivity contribution < 1.29 is 9.13 Å². The molecule has 0 radical (unpaired) electrons. The van der Waals surface area contributed by atoms with Crippen LogP contribution < -0.4 is 4.74 Å². The summed E-state index contributed by atoms with van der Waals surface area (Å²) in [6.45, 7) is 4.26. The Balaban J connectivity index is 2.16. The molecule has 0 aromatic heterocycles. The maximum Gasteiger partial charge on any atom is 0.129 e. The van der Waals surface area contributed by atoms with Gasteiger partial charge in [0.15, 0.2) is 0 Å². The molecule has 0 unspecified atom stereocenters. The summed E-state index contributed by atoms with van der Waals surface area (Å²) in [4.78, 5) is 0. The highest BCUT2D eigenvalue weighted by molar-refractivity contribution is 9.10. The monoisotopic (exact) mass is 308 g/mol. The van der Waals surface area contributed by atoms with Gasteiger partial charge in [-0.05, 0) is 49.2 Å². The van der Waals surface area contributed by atoms with Gasteiger partial charge in [0.25, 0.3) is 0 Å². The van der Waals surface area contributed by atoms with Crippen LogP contribution in [0.3, 0.4) is 0 Å². The SMILES string of the molecule is Cc1cccc(OCc2cc(Br)ccc2F)c1C. The third-order valence-corrected chi connectivity index (χ3v) is 3.44. The molecule has 0 amide bonds. The second kappa shape index (κ2) is 5.53. The molecular weight excluding hydrogens is 295 g/mol. The van der Waals surface area contributed by atoms with E-state index in [-0.39, 0.29) is 12.4 Å². The Hall–Kier alpha value is -1.35.